The topological polar surface area (TPSA) is 117 Å². The SMILES string of the molecule is Cc1ccccc1NC(=O)c1sc2ncn(CC(=O)Nc3sc4c(c3C#N)CCCC4)c(=O)c2c1C. The van der Waals surface area contributed by atoms with Gasteiger partial charge in [0.25, 0.3) is 11.5 Å². The number of nitrogens with zero attached hydrogens (tertiary/aromatic N) is 3. The number of aryl methyl sites for hydroxylation is 3. The van der Waals surface area contributed by atoms with Crippen LogP contribution in [0.2, 0.25) is 0 Å². The summed E-state index contributed by atoms with van der Waals surface area (Å²) in [6.07, 6.45) is 5.22. The molecule has 0 atom stereocenters. The number of para-hydroxylation sites is 1. The highest BCUT2D eigenvalue weighted by Gasteiger charge is 2.23. The molecule has 182 valence electrons. The number of amides is 2. The van der Waals surface area contributed by atoms with Gasteiger partial charge >= 0.3 is 0 Å². The quantitative estimate of drug-likeness (QED) is 0.395. The van der Waals surface area contributed by atoms with E-state index in [2.05, 4.69) is 21.7 Å². The molecule has 36 heavy (non-hydrogen) atoms. The molecule has 1 aliphatic rings. The Labute approximate surface area is 215 Å². The van der Waals surface area contributed by atoms with Crippen molar-refractivity contribution in [2.75, 3.05) is 10.6 Å². The summed E-state index contributed by atoms with van der Waals surface area (Å²) in [5.74, 6) is -0.710. The average Bonchev–Trinajstić information content (AvgIpc) is 3.39. The second kappa shape index (κ2) is 9.68. The van der Waals surface area contributed by atoms with Crippen LogP contribution < -0.4 is 16.2 Å². The van der Waals surface area contributed by atoms with Crippen molar-refractivity contribution in [3.63, 3.8) is 0 Å². The Morgan fingerprint density at radius 3 is 2.69 bits per heavy atom. The molecule has 2 amide bonds. The molecule has 10 heteroatoms. The molecule has 0 bridgehead atoms. The summed E-state index contributed by atoms with van der Waals surface area (Å²) in [6, 6.07) is 9.69. The summed E-state index contributed by atoms with van der Waals surface area (Å²) < 4.78 is 1.24. The van der Waals surface area contributed by atoms with E-state index in [0.717, 1.165) is 53.0 Å². The van der Waals surface area contributed by atoms with E-state index in [4.69, 9.17) is 0 Å². The zero-order valence-electron chi connectivity index (χ0n) is 19.8. The Bertz CT molecular complexity index is 1620. The number of aromatic nitrogens is 2. The third-order valence-corrected chi connectivity index (χ3v) is 8.77. The van der Waals surface area contributed by atoms with E-state index in [1.54, 1.807) is 6.92 Å². The van der Waals surface area contributed by atoms with Crippen molar-refractivity contribution >= 4 is 55.4 Å². The highest BCUT2D eigenvalue weighted by molar-refractivity contribution is 7.20. The minimum absolute atomic E-state index is 0.241. The largest absolute Gasteiger partial charge is 0.321 e. The normalized spacial score (nSPS) is 12.7. The summed E-state index contributed by atoms with van der Waals surface area (Å²) in [7, 11) is 0. The van der Waals surface area contributed by atoms with Gasteiger partial charge in [0.15, 0.2) is 0 Å². The van der Waals surface area contributed by atoms with Crippen LogP contribution in [0.25, 0.3) is 10.2 Å². The predicted molar refractivity (Wildman–Crippen MR) is 142 cm³/mol. The van der Waals surface area contributed by atoms with Gasteiger partial charge in [0.1, 0.15) is 22.4 Å². The second-order valence-electron chi connectivity index (χ2n) is 8.76. The predicted octanol–water partition coefficient (Wildman–Crippen LogP) is 4.78. The van der Waals surface area contributed by atoms with E-state index in [0.29, 0.717) is 36.9 Å². The second-order valence-corrected chi connectivity index (χ2v) is 10.9. The molecular weight excluding hydrogens is 494 g/mol. The van der Waals surface area contributed by atoms with Gasteiger partial charge in [-0.3, -0.25) is 19.0 Å². The minimum atomic E-state index is -0.404. The van der Waals surface area contributed by atoms with Gasteiger partial charge in [0.2, 0.25) is 5.91 Å². The maximum Gasteiger partial charge on any atom is 0.266 e. The number of carbonyl (C=O) groups is 2. The molecule has 8 nitrogen and oxygen atoms in total. The molecule has 3 heterocycles. The Hall–Kier alpha value is -3.81. The first-order valence-electron chi connectivity index (χ1n) is 11.6. The molecule has 2 N–H and O–H groups in total. The lowest BCUT2D eigenvalue weighted by Gasteiger charge is -2.09. The molecule has 0 saturated heterocycles. The van der Waals surface area contributed by atoms with Gasteiger partial charge in [-0.2, -0.15) is 5.26 Å². The first kappa shape index (κ1) is 23.9. The average molecular weight is 518 g/mol. The number of hydrogen-bond acceptors (Lipinski definition) is 7. The summed E-state index contributed by atoms with van der Waals surface area (Å²) in [5.41, 5.74) is 3.35. The molecule has 0 fully saturated rings. The van der Waals surface area contributed by atoms with E-state index < -0.39 is 5.91 Å². The van der Waals surface area contributed by atoms with Crippen molar-refractivity contribution in [3.8, 4) is 6.07 Å². The van der Waals surface area contributed by atoms with Crippen molar-refractivity contribution in [3.05, 3.63) is 73.0 Å². The molecule has 3 aromatic heterocycles. The Morgan fingerprint density at radius 1 is 1.14 bits per heavy atom. The molecular formula is C26H23N5O3S2. The number of hydrogen-bond donors (Lipinski definition) is 2. The lowest BCUT2D eigenvalue weighted by molar-refractivity contribution is -0.116. The lowest BCUT2D eigenvalue weighted by Crippen LogP contribution is -2.28. The maximum absolute atomic E-state index is 13.2. The molecule has 0 unspecified atom stereocenters. The van der Waals surface area contributed by atoms with Crippen molar-refractivity contribution in [1.82, 2.24) is 9.55 Å². The highest BCUT2D eigenvalue weighted by Crippen LogP contribution is 2.37. The fraction of sp³-hybridized carbons (Fsp3) is 0.269. The van der Waals surface area contributed by atoms with Crippen molar-refractivity contribution in [2.45, 2.75) is 46.1 Å². The monoisotopic (exact) mass is 517 g/mol. The zero-order chi connectivity index (χ0) is 25.4. The summed E-state index contributed by atoms with van der Waals surface area (Å²) in [6.45, 7) is 3.38. The number of fused-ring (bicyclic) bond motifs is 2. The van der Waals surface area contributed by atoms with Crippen molar-refractivity contribution < 1.29 is 9.59 Å². The first-order chi connectivity index (χ1) is 17.4. The fourth-order valence-electron chi connectivity index (χ4n) is 4.47. The van der Waals surface area contributed by atoms with Crippen molar-refractivity contribution in [2.24, 2.45) is 0 Å². The van der Waals surface area contributed by atoms with Crippen LogP contribution >= 0.6 is 22.7 Å². The highest BCUT2D eigenvalue weighted by atomic mass is 32.1. The summed E-state index contributed by atoms with van der Waals surface area (Å²) >= 11 is 2.59. The Kier molecular flexibility index (Phi) is 6.43. The number of anilines is 2. The zero-order valence-corrected chi connectivity index (χ0v) is 21.4. The van der Waals surface area contributed by atoms with E-state index in [1.165, 1.54) is 22.2 Å². The molecule has 1 aliphatic carbocycles. The Morgan fingerprint density at radius 2 is 1.92 bits per heavy atom. The van der Waals surface area contributed by atoms with Crippen molar-refractivity contribution in [1.29, 1.82) is 5.26 Å². The molecule has 4 aromatic rings. The molecule has 1 aromatic carbocycles. The Balaban J connectivity index is 1.39. The molecule has 0 saturated carbocycles. The number of nitriles is 1. The number of benzene rings is 1. The molecule has 0 radical (unpaired) electrons. The third kappa shape index (κ3) is 4.32. The maximum atomic E-state index is 13.2. The van der Waals surface area contributed by atoms with Gasteiger partial charge in [0, 0.05) is 10.6 Å². The van der Waals surface area contributed by atoms with E-state index in [1.807, 2.05) is 31.2 Å². The van der Waals surface area contributed by atoms with Gasteiger partial charge < -0.3 is 10.6 Å². The summed E-state index contributed by atoms with van der Waals surface area (Å²) in [5, 5.41) is 16.2. The minimum Gasteiger partial charge on any atom is -0.321 e. The summed E-state index contributed by atoms with van der Waals surface area (Å²) in [4.78, 5) is 45.4. The first-order valence-corrected chi connectivity index (χ1v) is 13.2. The third-order valence-electron chi connectivity index (χ3n) is 6.37. The smallest absolute Gasteiger partial charge is 0.266 e. The van der Waals surface area contributed by atoms with Crippen LogP contribution in [0.4, 0.5) is 10.7 Å². The van der Waals surface area contributed by atoms with Crippen LogP contribution in [0.3, 0.4) is 0 Å². The van der Waals surface area contributed by atoms with Gasteiger partial charge in [0.05, 0.1) is 22.2 Å². The van der Waals surface area contributed by atoms with Crippen LogP contribution in [-0.2, 0) is 24.2 Å². The number of carbonyl (C=O) groups excluding carboxylic acids is 2. The van der Waals surface area contributed by atoms with Crippen LogP contribution in [0.1, 0.15) is 49.6 Å². The van der Waals surface area contributed by atoms with Crippen LogP contribution in [0.5, 0.6) is 0 Å². The number of rotatable bonds is 5. The molecule has 5 rings (SSSR count). The molecule has 0 spiro atoms. The number of thiophene rings is 2. The van der Waals surface area contributed by atoms with Gasteiger partial charge in [-0.1, -0.05) is 18.2 Å². The molecule has 0 aliphatic heterocycles. The van der Waals surface area contributed by atoms with E-state index in [9.17, 15) is 19.6 Å². The fourth-order valence-corrected chi connectivity index (χ4v) is 6.76. The van der Waals surface area contributed by atoms with E-state index >= 15 is 0 Å². The number of nitrogens with one attached hydrogen (secondary N) is 2. The van der Waals surface area contributed by atoms with Gasteiger partial charge in [-0.15, -0.1) is 22.7 Å². The van der Waals surface area contributed by atoms with Crippen LogP contribution in [-0.4, -0.2) is 21.4 Å². The van der Waals surface area contributed by atoms with E-state index in [-0.39, 0.29) is 18.0 Å². The standard InChI is InChI=1S/C26H23N5O3S2/c1-14-7-3-5-9-18(14)29-23(33)22-15(2)21-25(36-22)28-13-31(26(21)34)12-20(32)30-24-17(11-27)16-8-4-6-10-19(16)35-24/h3,5,7,9,13H,4,6,8,10,12H2,1-2H3,(H,29,33)(H,30,32). The van der Waals surface area contributed by atoms with Crippen LogP contribution in [0.15, 0.2) is 35.4 Å². The van der Waals surface area contributed by atoms with Crippen LogP contribution in [0, 0.1) is 25.2 Å². The van der Waals surface area contributed by atoms with Gasteiger partial charge in [-0.25, -0.2) is 4.98 Å². The van der Waals surface area contributed by atoms with Gasteiger partial charge in [-0.05, 0) is 62.3 Å². The lowest BCUT2D eigenvalue weighted by atomic mass is 9.96.